The minimum atomic E-state index is 0.142. The highest BCUT2D eigenvalue weighted by atomic mass is 16.6. The first-order valence-electron chi connectivity index (χ1n) is 7.77. The molecule has 0 aromatic heterocycles. The van der Waals surface area contributed by atoms with Crippen molar-refractivity contribution in [2.24, 2.45) is 5.92 Å². The number of hydrogen-bond donors (Lipinski definition) is 0. The van der Waals surface area contributed by atoms with Crippen LogP contribution in [0.25, 0.3) is 0 Å². The number of hydrogen-bond acceptors (Lipinski definition) is 3. The molecule has 2 heterocycles. The van der Waals surface area contributed by atoms with E-state index in [1.165, 1.54) is 12.8 Å². The lowest BCUT2D eigenvalue weighted by molar-refractivity contribution is 0.00710. The Hall–Kier alpha value is -1.22. The number of para-hydroxylation sites is 2. The van der Waals surface area contributed by atoms with Crippen molar-refractivity contribution >= 4 is 0 Å². The minimum Gasteiger partial charge on any atom is -0.486 e. The van der Waals surface area contributed by atoms with Gasteiger partial charge in [-0.2, -0.15) is 0 Å². The van der Waals surface area contributed by atoms with E-state index in [0.29, 0.717) is 18.7 Å². The standard InChI is InChI=1S/C17H25NO2/c1-12-8-13(2)18(14(3)9-12)10-15-11-19-16-6-4-5-7-17(16)20-15/h4-7,12-15H,8-11H2,1-3H3. The zero-order valence-corrected chi connectivity index (χ0v) is 12.7. The third-order valence-electron chi connectivity index (χ3n) is 4.60. The third-order valence-corrected chi connectivity index (χ3v) is 4.60. The SMILES string of the molecule is CC1CC(C)N(CC2COc3ccccc3O2)C(C)C1. The van der Waals surface area contributed by atoms with Crippen molar-refractivity contribution in [2.45, 2.75) is 51.8 Å². The molecule has 2 aliphatic rings. The van der Waals surface area contributed by atoms with Gasteiger partial charge in [0, 0.05) is 18.6 Å². The number of benzene rings is 1. The fourth-order valence-corrected chi connectivity index (χ4v) is 3.71. The molecule has 0 amide bonds. The van der Waals surface area contributed by atoms with Gasteiger partial charge in [-0.15, -0.1) is 0 Å². The largest absolute Gasteiger partial charge is 0.486 e. The topological polar surface area (TPSA) is 21.7 Å². The summed E-state index contributed by atoms with van der Waals surface area (Å²) >= 11 is 0. The highest BCUT2D eigenvalue weighted by molar-refractivity contribution is 5.40. The molecule has 1 saturated heterocycles. The second-order valence-corrected chi connectivity index (χ2v) is 6.47. The van der Waals surface area contributed by atoms with Gasteiger partial charge in [-0.05, 0) is 44.7 Å². The first-order valence-corrected chi connectivity index (χ1v) is 7.77. The van der Waals surface area contributed by atoms with Gasteiger partial charge in [0.1, 0.15) is 12.7 Å². The summed E-state index contributed by atoms with van der Waals surface area (Å²) in [6, 6.07) is 9.22. The van der Waals surface area contributed by atoms with Gasteiger partial charge in [0.2, 0.25) is 0 Å². The molecule has 20 heavy (non-hydrogen) atoms. The maximum absolute atomic E-state index is 6.09. The Morgan fingerprint density at radius 2 is 1.70 bits per heavy atom. The van der Waals surface area contributed by atoms with Crippen LogP contribution < -0.4 is 9.47 Å². The van der Waals surface area contributed by atoms with Gasteiger partial charge >= 0.3 is 0 Å². The Morgan fingerprint density at radius 1 is 1.05 bits per heavy atom. The molecule has 3 unspecified atom stereocenters. The predicted molar refractivity (Wildman–Crippen MR) is 80.4 cm³/mol. The number of fused-ring (bicyclic) bond motifs is 1. The summed E-state index contributed by atoms with van der Waals surface area (Å²) in [5.74, 6) is 2.59. The van der Waals surface area contributed by atoms with Gasteiger partial charge in [0.05, 0.1) is 0 Å². The van der Waals surface area contributed by atoms with Crippen molar-refractivity contribution in [2.75, 3.05) is 13.2 Å². The second-order valence-electron chi connectivity index (χ2n) is 6.47. The summed E-state index contributed by atoms with van der Waals surface area (Å²) < 4.78 is 11.9. The van der Waals surface area contributed by atoms with Crippen molar-refractivity contribution in [1.29, 1.82) is 0 Å². The molecule has 1 aromatic carbocycles. The van der Waals surface area contributed by atoms with Gasteiger partial charge in [0.25, 0.3) is 0 Å². The van der Waals surface area contributed by atoms with Crippen molar-refractivity contribution in [1.82, 2.24) is 4.90 Å². The van der Waals surface area contributed by atoms with Crippen molar-refractivity contribution < 1.29 is 9.47 Å². The number of ether oxygens (including phenoxy) is 2. The summed E-state index contributed by atoms with van der Waals surface area (Å²) in [4.78, 5) is 2.59. The Kier molecular flexibility index (Phi) is 3.88. The number of likely N-dealkylation sites (tertiary alicyclic amines) is 1. The van der Waals surface area contributed by atoms with Crippen LogP contribution in [0.3, 0.4) is 0 Å². The molecule has 3 nitrogen and oxygen atoms in total. The van der Waals surface area contributed by atoms with E-state index in [4.69, 9.17) is 9.47 Å². The van der Waals surface area contributed by atoms with Crippen LogP contribution in [0.4, 0.5) is 0 Å². The van der Waals surface area contributed by atoms with Crippen LogP contribution in [0.1, 0.15) is 33.6 Å². The van der Waals surface area contributed by atoms with Crippen LogP contribution in [0.15, 0.2) is 24.3 Å². The molecule has 0 aliphatic carbocycles. The van der Waals surface area contributed by atoms with E-state index in [2.05, 4.69) is 25.7 Å². The summed E-state index contributed by atoms with van der Waals surface area (Å²) in [5.41, 5.74) is 0. The highest BCUT2D eigenvalue weighted by Crippen LogP contribution is 2.33. The van der Waals surface area contributed by atoms with E-state index in [9.17, 15) is 0 Å². The van der Waals surface area contributed by atoms with E-state index >= 15 is 0 Å². The molecule has 2 aliphatic heterocycles. The Morgan fingerprint density at radius 3 is 2.40 bits per heavy atom. The molecule has 0 radical (unpaired) electrons. The quantitative estimate of drug-likeness (QED) is 0.826. The number of piperidine rings is 1. The lowest BCUT2D eigenvalue weighted by atomic mass is 9.88. The normalized spacial score (nSPS) is 34.0. The maximum atomic E-state index is 6.09. The number of nitrogens with zero attached hydrogens (tertiary/aromatic N) is 1. The first kappa shape index (κ1) is 13.7. The molecule has 1 fully saturated rings. The van der Waals surface area contributed by atoms with Crippen molar-refractivity contribution in [3.63, 3.8) is 0 Å². The van der Waals surface area contributed by atoms with Crippen LogP contribution >= 0.6 is 0 Å². The van der Waals surface area contributed by atoms with Gasteiger partial charge in [-0.1, -0.05) is 19.1 Å². The summed E-state index contributed by atoms with van der Waals surface area (Å²) in [7, 11) is 0. The highest BCUT2D eigenvalue weighted by Gasteiger charge is 2.32. The van der Waals surface area contributed by atoms with Gasteiger partial charge in [0.15, 0.2) is 11.5 Å². The number of rotatable bonds is 2. The Bertz CT molecular complexity index is 450. The smallest absolute Gasteiger partial charge is 0.161 e. The zero-order valence-electron chi connectivity index (χ0n) is 12.7. The predicted octanol–water partition coefficient (Wildman–Crippen LogP) is 3.34. The molecular weight excluding hydrogens is 250 g/mol. The lowest BCUT2D eigenvalue weighted by Crippen LogP contribution is -2.51. The molecule has 1 aromatic rings. The van der Waals surface area contributed by atoms with Gasteiger partial charge in [-0.3, -0.25) is 4.90 Å². The summed E-state index contributed by atoms with van der Waals surface area (Å²) in [6.07, 6.45) is 2.71. The Labute approximate surface area is 121 Å². The summed E-state index contributed by atoms with van der Waals surface area (Å²) in [5, 5.41) is 0. The van der Waals surface area contributed by atoms with Gasteiger partial charge in [-0.25, -0.2) is 0 Å². The van der Waals surface area contributed by atoms with Crippen LogP contribution in [0.5, 0.6) is 11.5 Å². The Balaban J connectivity index is 1.64. The van der Waals surface area contributed by atoms with E-state index in [1.807, 2.05) is 24.3 Å². The molecule has 0 spiro atoms. The fraction of sp³-hybridized carbons (Fsp3) is 0.647. The molecule has 0 N–H and O–H groups in total. The maximum Gasteiger partial charge on any atom is 0.161 e. The first-order chi connectivity index (χ1) is 9.63. The van der Waals surface area contributed by atoms with Crippen molar-refractivity contribution in [3.05, 3.63) is 24.3 Å². The van der Waals surface area contributed by atoms with Crippen LogP contribution in [-0.4, -0.2) is 36.2 Å². The molecular formula is C17H25NO2. The van der Waals surface area contributed by atoms with E-state index in [0.717, 1.165) is 24.0 Å². The molecule has 0 bridgehead atoms. The fourth-order valence-electron chi connectivity index (χ4n) is 3.71. The lowest BCUT2D eigenvalue weighted by Gasteiger charge is -2.43. The molecule has 3 heteroatoms. The third kappa shape index (κ3) is 2.78. The molecule has 3 atom stereocenters. The molecule has 110 valence electrons. The van der Waals surface area contributed by atoms with E-state index in [-0.39, 0.29) is 6.10 Å². The zero-order chi connectivity index (χ0) is 14.1. The average molecular weight is 275 g/mol. The van der Waals surface area contributed by atoms with Gasteiger partial charge < -0.3 is 9.47 Å². The van der Waals surface area contributed by atoms with Crippen molar-refractivity contribution in [3.8, 4) is 11.5 Å². The monoisotopic (exact) mass is 275 g/mol. The minimum absolute atomic E-state index is 0.142. The molecule has 3 rings (SSSR count). The summed E-state index contributed by atoms with van der Waals surface area (Å²) in [6.45, 7) is 8.65. The van der Waals surface area contributed by atoms with Crippen LogP contribution in [-0.2, 0) is 0 Å². The van der Waals surface area contributed by atoms with E-state index < -0.39 is 0 Å². The second kappa shape index (κ2) is 5.65. The van der Waals surface area contributed by atoms with Crippen LogP contribution in [0.2, 0.25) is 0 Å². The average Bonchev–Trinajstić information content (AvgIpc) is 2.42. The van der Waals surface area contributed by atoms with E-state index in [1.54, 1.807) is 0 Å². The van der Waals surface area contributed by atoms with Crippen LogP contribution in [0, 0.1) is 5.92 Å². The molecule has 0 saturated carbocycles.